The number of rotatable bonds is 5. The number of urea groups is 1. The summed E-state index contributed by atoms with van der Waals surface area (Å²) in [6.45, 7) is 0.138. The van der Waals surface area contributed by atoms with Crippen LogP contribution in [0.4, 0.5) is 16.2 Å². The lowest BCUT2D eigenvalue weighted by Crippen LogP contribution is -2.33. The van der Waals surface area contributed by atoms with E-state index in [4.69, 9.17) is 16.7 Å². The van der Waals surface area contributed by atoms with E-state index in [2.05, 4.69) is 5.32 Å². The van der Waals surface area contributed by atoms with E-state index in [1.807, 2.05) is 19.0 Å². The highest BCUT2D eigenvalue weighted by molar-refractivity contribution is 6.31. The van der Waals surface area contributed by atoms with Gasteiger partial charge in [0.25, 0.3) is 0 Å². The number of aliphatic carboxylic acids is 1. The molecule has 0 bridgehead atoms. The number of hydrogen-bond acceptors (Lipinski definition) is 3. The summed E-state index contributed by atoms with van der Waals surface area (Å²) < 4.78 is 0. The minimum atomic E-state index is -0.943. The molecule has 7 heteroatoms. The molecule has 0 spiro atoms. The van der Waals surface area contributed by atoms with Gasteiger partial charge in [0, 0.05) is 32.7 Å². The minimum Gasteiger partial charge on any atom is -0.481 e. The maximum absolute atomic E-state index is 12.0. The Labute approximate surface area is 122 Å². The predicted molar refractivity (Wildman–Crippen MR) is 79.7 cm³/mol. The van der Waals surface area contributed by atoms with Gasteiger partial charge in [-0.15, -0.1) is 0 Å². The van der Waals surface area contributed by atoms with E-state index in [9.17, 15) is 9.59 Å². The standard InChI is InChI=1S/C13H18ClN3O3/c1-16(2)11-5-4-9(14)8-10(11)15-13(20)17(3)7-6-12(18)19/h4-5,8H,6-7H2,1-3H3,(H,15,20)(H,18,19). The first-order chi connectivity index (χ1) is 9.31. The van der Waals surface area contributed by atoms with Crippen LogP contribution in [-0.4, -0.2) is 49.7 Å². The van der Waals surface area contributed by atoms with Gasteiger partial charge in [0.05, 0.1) is 17.8 Å². The second kappa shape index (κ2) is 7.00. The van der Waals surface area contributed by atoms with Gasteiger partial charge in [-0.3, -0.25) is 4.79 Å². The number of nitrogens with zero attached hydrogens (tertiary/aromatic N) is 2. The molecule has 0 aliphatic carbocycles. The van der Waals surface area contributed by atoms with E-state index in [1.54, 1.807) is 18.2 Å². The summed E-state index contributed by atoms with van der Waals surface area (Å²) in [6, 6.07) is 4.81. The Kier molecular flexibility index (Phi) is 5.64. The predicted octanol–water partition coefficient (Wildman–Crippen LogP) is 2.34. The van der Waals surface area contributed by atoms with Crippen molar-refractivity contribution < 1.29 is 14.7 Å². The first kappa shape index (κ1) is 16.1. The maximum Gasteiger partial charge on any atom is 0.321 e. The number of nitrogens with one attached hydrogen (secondary N) is 1. The van der Waals surface area contributed by atoms with E-state index in [-0.39, 0.29) is 19.0 Å². The van der Waals surface area contributed by atoms with E-state index in [1.165, 1.54) is 11.9 Å². The van der Waals surface area contributed by atoms with Crippen LogP contribution in [0.15, 0.2) is 18.2 Å². The molecule has 0 saturated carbocycles. The molecule has 2 N–H and O–H groups in total. The van der Waals surface area contributed by atoms with Crippen molar-refractivity contribution in [3.05, 3.63) is 23.2 Å². The molecular weight excluding hydrogens is 282 g/mol. The van der Waals surface area contributed by atoms with E-state index >= 15 is 0 Å². The first-order valence-electron chi connectivity index (χ1n) is 6.02. The van der Waals surface area contributed by atoms with Crippen LogP contribution in [0.2, 0.25) is 5.02 Å². The highest BCUT2D eigenvalue weighted by Gasteiger charge is 2.13. The molecule has 0 aliphatic rings. The van der Waals surface area contributed by atoms with Crippen LogP contribution in [-0.2, 0) is 4.79 Å². The molecule has 0 aliphatic heterocycles. The molecule has 1 aromatic carbocycles. The van der Waals surface area contributed by atoms with Gasteiger partial charge in [0.1, 0.15) is 0 Å². The molecule has 2 amide bonds. The molecule has 0 heterocycles. The third-order valence-electron chi connectivity index (χ3n) is 2.69. The number of carboxylic acids is 1. The zero-order chi connectivity index (χ0) is 15.3. The van der Waals surface area contributed by atoms with Crippen molar-refractivity contribution in [1.82, 2.24) is 4.90 Å². The van der Waals surface area contributed by atoms with Crippen LogP contribution in [0.3, 0.4) is 0 Å². The van der Waals surface area contributed by atoms with Crippen LogP contribution < -0.4 is 10.2 Å². The second-order valence-corrected chi connectivity index (χ2v) is 4.99. The smallest absolute Gasteiger partial charge is 0.321 e. The van der Waals surface area contributed by atoms with Crippen molar-refractivity contribution in [2.45, 2.75) is 6.42 Å². The fourth-order valence-corrected chi connectivity index (χ4v) is 1.75. The van der Waals surface area contributed by atoms with E-state index in [0.717, 1.165) is 5.69 Å². The molecule has 6 nitrogen and oxygen atoms in total. The highest BCUT2D eigenvalue weighted by atomic mass is 35.5. The Hall–Kier alpha value is -1.95. The third kappa shape index (κ3) is 4.62. The summed E-state index contributed by atoms with van der Waals surface area (Å²) in [5, 5.41) is 11.8. The van der Waals surface area contributed by atoms with Crippen LogP contribution >= 0.6 is 11.6 Å². The van der Waals surface area contributed by atoms with Gasteiger partial charge >= 0.3 is 12.0 Å². The molecule has 1 aromatic rings. The van der Waals surface area contributed by atoms with Crippen molar-refractivity contribution in [2.24, 2.45) is 0 Å². The minimum absolute atomic E-state index is 0.0972. The molecule has 0 unspecified atom stereocenters. The average Bonchev–Trinajstić information content (AvgIpc) is 2.35. The average molecular weight is 300 g/mol. The van der Waals surface area contributed by atoms with Crippen LogP contribution in [0, 0.1) is 0 Å². The molecule has 0 radical (unpaired) electrons. The van der Waals surface area contributed by atoms with Gasteiger partial charge in [-0.2, -0.15) is 0 Å². The molecule has 0 aromatic heterocycles. The first-order valence-corrected chi connectivity index (χ1v) is 6.40. The number of amides is 2. The molecule has 20 heavy (non-hydrogen) atoms. The quantitative estimate of drug-likeness (QED) is 0.875. The summed E-state index contributed by atoms with van der Waals surface area (Å²) in [7, 11) is 5.25. The fourth-order valence-electron chi connectivity index (χ4n) is 1.57. The maximum atomic E-state index is 12.0. The van der Waals surface area contributed by atoms with Gasteiger partial charge in [-0.25, -0.2) is 4.79 Å². The number of benzene rings is 1. The highest BCUT2D eigenvalue weighted by Crippen LogP contribution is 2.27. The Morgan fingerprint density at radius 2 is 1.95 bits per heavy atom. The molecule has 0 fully saturated rings. The van der Waals surface area contributed by atoms with Crippen molar-refractivity contribution in [3.8, 4) is 0 Å². The van der Waals surface area contributed by atoms with Gasteiger partial charge in [0.2, 0.25) is 0 Å². The zero-order valence-corrected chi connectivity index (χ0v) is 12.4. The zero-order valence-electron chi connectivity index (χ0n) is 11.7. The monoisotopic (exact) mass is 299 g/mol. The van der Waals surface area contributed by atoms with Crippen LogP contribution in [0.5, 0.6) is 0 Å². The Morgan fingerprint density at radius 1 is 1.30 bits per heavy atom. The van der Waals surface area contributed by atoms with Crippen molar-refractivity contribution in [1.29, 1.82) is 0 Å². The molecule has 1 rings (SSSR count). The van der Waals surface area contributed by atoms with Crippen molar-refractivity contribution >= 4 is 35.0 Å². The fraction of sp³-hybridized carbons (Fsp3) is 0.385. The number of carbonyl (C=O) groups excluding carboxylic acids is 1. The summed E-state index contributed by atoms with van der Waals surface area (Å²) in [4.78, 5) is 25.6. The Balaban J connectivity index is 2.79. The third-order valence-corrected chi connectivity index (χ3v) is 2.92. The topological polar surface area (TPSA) is 72.9 Å². The lowest BCUT2D eigenvalue weighted by molar-refractivity contribution is -0.137. The summed E-state index contributed by atoms with van der Waals surface area (Å²) in [5.74, 6) is -0.943. The lowest BCUT2D eigenvalue weighted by Gasteiger charge is -2.21. The van der Waals surface area contributed by atoms with Gasteiger partial charge in [-0.1, -0.05) is 11.6 Å². The van der Waals surface area contributed by atoms with Crippen LogP contribution in [0.25, 0.3) is 0 Å². The van der Waals surface area contributed by atoms with Crippen molar-refractivity contribution in [2.75, 3.05) is 37.9 Å². The van der Waals surface area contributed by atoms with Crippen molar-refractivity contribution in [3.63, 3.8) is 0 Å². The SMILES string of the molecule is CN(CCC(=O)O)C(=O)Nc1cc(Cl)ccc1N(C)C. The van der Waals surface area contributed by atoms with Crippen LogP contribution in [0.1, 0.15) is 6.42 Å². The summed E-state index contributed by atoms with van der Waals surface area (Å²) in [6.07, 6.45) is -0.0972. The number of halogens is 1. The number of carbonyl (C=O) groups is 2. The molecular formula is C13H18ClN3O3. The van der Waals surface area contributed by atoms with E-state index in [0.29, 0.717) is 10.7 Å². The van der Waals surface area contributed by atoms with E-state index < -0.39 is 5.97 Å². The number of anilines is 2. The molecule has 0 atom stereocenters. The largest absolute Gasteiger partial charge is 0.481 e. The second-order valence-electron chi connectivity index (χ2n) is 4.55. The number of carboxylic acid groups (broad SMARTS) is 1. The molecule has 110 valence electrons. The van der Waals surface area contributed by atoms with Gasteiger partial charge in [-0.05, 0) is 18.2 Å². The van der Waals surface area contributed by atoms with Gasteiger partial charge in [0.15, 0.2) is 0 Å². The lowest BCUT2D eigenvalue weighted by atomic mass is 10.2. The Morgan fingerprint density at radius 3 is 2.50 bits per heavy atom. The van der Waals surface area contributed by atoms with Gasteiger partial charge < -0.3 is 20.2 Å². The normalized spacial score (nSPS) is 10.0. The number of hydrogen-bond donors (Lipinski definition) is 2. The molecule has 0 saturated heterocycles. The summed E-state index contributed by atoms with van der Waals surface area (Å²) >= 11 is 5.93. The Bertz CT molecular complexity index is 506. The summed E-state index contributed by atoms with van der Waals surface area (Å²) in [5.41, 5.74) is 1.39.